The number of hydrogen-bond acceptors (Lipinski definition) is 2. The van der Waals surface area contributed by atoms with E-state index in [-0.39, 0.29) is 11.9 Å². The zero-order chi connectivity index (χ0) is 11.1. The standard InChI is InChI=1S/C13H14O2/c1-3-7-12(13(14)15-2)10-11-8-5-4-6-9-11/h1,4-6,8-9,12H,7,10H2,2H3/t12-/m0/s1. The molecule has 0 unspecified atom stereocenters. The molecule has 1 rings (SSSR count). The number of methoxy groups -OCH3 is 1. The Hall–Kier alpha value is -1.75. The van der Waals surface area contributed by atoms with Crippen molar-refractivity contribution < 1.29 is 9.53 Å². The summed E-state index contributed by atoms with van der Waals surface area (Å²) in [4.78, 5) is 11.4. The van der Waals surface area contributed by atoms with E-state index in [4.69, 9.17) is 11.2 Å². The minimum absolute atomic E-state index is 0.234. The maximum atomic E-state index is 11.4. The van der Waals surface area contributed by atoms with Crippen LogP contribution < -0.4 is 0 Å². The summed E-state index contributed by atoms with van der Waals surface area (Å²) in [5, 5.41) is 0. The van der Waals surface area contributed by atoms with Gasteiger partial charge in [-0.3, -0.25) is 4.79 Å². The Bertz CT molecular complexity index is 349. The van der Waals surface area contributed by atoms with Gasteiger partial charge in [0.05, 0.1) is 13.0 Å². The van der Waals surface area contributed by atoms with Gasteiger partial charge in [0.2, 0.25) is 0 Å². The zero-order valence-electron chi connectivity index (χ0n) is 8.77. The van der Waals surface area contributed by atoms with Crippen molar-refractivity contribution >= 4 is 5.97 Å². The van der Waals surface area contributed by atoms with E-state index in [1.165, 1.54) is 7.11 Å². The fourth-order valence-corrected chi connectivity index (χ4v) is 1.45. The van der Waals surface area contributed by atoms with Crippen LogP contribution in [0.4, 0.5) is 0 Å². The Morgan fingerprint density at radius 2 is 2.13 bits per heavy atom. The number of ether oxygens (including phenoxy) is 1. The third-order valence-electron chi connectivity index (χ3n) is 2.22. The third-order valence-corrected chi connectivity index (χ3v) is 2.22. The summed E-state index contributed by atoms with van der Waals surface area (Å²) < 4.78 is 4.70. The van der Waals surface area contributed by atoms with Crippen molar-refractivity contribution in [2.24, 2.45) is 5.92 Å². The first-order chi connectivity index (χ1) is 7.27. The lowest BCUT2D eigenvalue weighted by molar-refractivity contribution is -0.145. The van der Waals surface area contributed by atoms with Gasteiger partial charge in [-0.1, -0.05) is 30.3 Å². The van der Waals surface area contributed by atoms with Crippen molar-refractivity contribution in [1.29, 1.82) is 0 Å². The van der Waals surface area contributed by atoms with Gasteiger partial charge in [0.15, 0.2) is 0 Å². The Labute approximate surface area is 90.3 Å². The van der Waals surface area contributed by atoms with Gasteiger partial charge in [-0.15, -0.1) is 12.3 Å². The largest absolute Gasteiger partial charge is 0.469 e. The minimum atomic E-state index is -0.239. The minimum Gasteiger partial charge on any atom is -0.469 e. The molecule has 0 saturated carbocycles. The zero-order valence-corrected chi connectivity index (χ0v) is 8.77. The number of benzene rings is 1. The molecular weight excluding hydrogens is 188 g/mol. The van der Waals surface area contributed by atoms with Gasteiger partial charge in [0.25, 0.3) is 0 Å². The van der Waals surface area contributed by atoms with Crippen LogP contribution in [0.15, 0.2) is 30.3 Å². The fraction of sp³-hybridized carbons (Fsp3) is 0.308. The van der Waals surface area contributed by atoms with Crippen molar-refractivity contribution in [3.05, 3.63) is 35.9 Å². The highest BCUT2D eigenvalue weighted by Crippen LogP contribution is 2.13. The van der Waals surface area contributed by atoms with Gasteiger partial charge in [0, 0.05) is 6.42 Å². The van der Waals surface area contributed by atoms with E-state index in [0.717, 1.165) is 5.56 Å². The predicted molar refractivity (Wildman–Crippen MR) is 59.1 cm³/mol. The number of hydrogen-bond donors (Lipinski definition) is 0. The van der Waals surface area contributed by atoms with E-state index in [9.17, 15) is 4.79 Å². The van der Waals surface area contributed by atoms with Gasteiger partial charge in [-0.25, -0.2) is 0 Å². The molecule has 0 spiro atoms. The van der Waals surface area contributed by atoms with E-state index in [0.29, 0.717) is 12.8 Å². The quantitative estimate of drug-likeness (QED) is 0.551. The lowest BCUT2D eigenvalue weighted by Crippen LogP contribution is -2.18. The molecule has 0 aliphatic carbocycles. The summed E-state index contributed by atoms with van der Waals surface area (Å²) >= 11 is 0. The molecule has 15 heavy (non-hydrogen) atoms. The Morgan fingerprint density at radius 1 is 1.47 bits per heavy atom. The average Bonchev–Trinajstić information content (AvgIpc) is 2.29. The first-order valence-corrected chi connectivity index (χ1v) is 4.83. The monoisotopic (exact) mass is 202 g/mol. The molecule has 2 nitrogen and oxygen atoms in total. The van der Waals surface area contributed by atoms with Crippen LogP contribution >= 0.6 is 0 Å². The predicted octanol–water partition coefficient (Wildman–Crippen LogP) is 2.04. The summed E-state index contributed by atoms with van der Waals surface area (Å²) in [6, 6.07) is 9.79. The second-order valence-electron chi connectivity index (χ2n) is 3.32. The summed E-state index contributed by atoms with van der Waals surface area (Å²) in [5.41, 5.74) is 1.10. The summed E-state index contributed by atoms with van der Waals surface area (Å²) in [7, 11) is 1.39. The van der Waals surface area contributed by atoms with E-state index in [2.05, 4.69) is 5.92 Å². The van der Waals surface area contributed by atoms with Crippen molar-refractivity contribution in [3.63, 3.8) is 0 Å². The maximum Gasteiger partial charge on any atom is 0.309 e. The SMILES string of the molecule is C#CC[C@@H](Cc1ccccc1)C(=O)OC. The molecule has 1 aromatic carbocycles. The molecule has 0 aromatic heterocycles. The molecule has 1 aromatic rings. The molecular formula is C13H14O2. The van der Waals surface area contributed by atoms with E-state index in [1.54, 1.807) is 0 Å². The van der Waals surface area contributed by atoms with E-state index < -0.39 is 0 Å². The van der Waals surface area contributed by atoms with Gasteiger partial charge in [-0.05, 0) is 12.0 Å². The molecule has 0 amide bonds. The molecule has 2 heteroatoms. The summed E-state index contributed by atoms with van der Waals surface area (Å²) in [6.07, 6.45) is 6.27. The smallest absolute Gasteiger partial charge is 0.309 e. The molecule has 0 N–H and O–H groups in total. The Morgan fingerprint density at radius 3 is 2.67 bits per heavy atom. The molecule has 0 radical (unpaired) electrons. The number of terminal acetylenes is 1. The van der Waals surface area contributed by atoms with Gasteiger partial charge in [0.1, 0.15) is 0 Å². The summed E-state index contributed by atoms with van der Waals surface area (Å²) in [6.45, 7) is 0. The molecule has 1 atom stereocenters. The van der Waals surface area contributed by atoms with Gasteiger partial charge < -0.3 is 4.74 Å². The van der Waals surface area contributed by atoms with Crippen LogP contribution in [0.5, 0.6) is 0 Å². The Balaban J connectivity index is 2.68. The highest BCUT2D eigenvalue weighted by atomic mass is 16.5. The maximum absolute atomic E-state index is 11.4. The topological polar surface area (TPSA) is 26.3 Å². The number of carbonyl (C=O) groups excluding carboxylic acids is 1. The highest BCUT2D eigenvalue weighted by molar-refractivity contribution is 5.73. The van der Waals surface area contributed by atoms with Crippen molar-refractivity contribution in [1.82, 2.24) is 0 Å². The normalized spacial score (nSPS) is 11.5. The van der Waals surface area contributed by atoms with Crippen molar-refractivity contribution in [2.75, 3.05) is 7.11 Å². The lowest BCUT2D eigenvalue weighted by Gasteiger charge is -2.11. The molecule has 0 aliphatic rings. The molecule has 0 bridgehead atoms. The first kappa shape index (κ1) is 11.3. The van der Waals surface area contributed by atoms with Crippen LogP contribution in [-0.4, -0.2) is 13.1 Å². The van der Waals surface area contributed by atoms with Gasteiger partial charge in [-0.2, -0.15) is 0 Å². The highest BCUT2D eigenvalue weighted by Gasteiger charge is 2.18. The second-order valence-corrected chi connectivity index (χ2v) is 3.32. The molecule has 0 saturated heterocycles. The van der Waals surface area contributed by atoms with Crippen LogP contribution in [-0.2, 0) is 16.0 Å². The van der Waals surface area contributed by atoms with E-state index in [1.807, 2.05) is 30.3 Å². The number of carbonyl (C=O) groups is 1. The van der Waals surface area contributed by atoms with Crippen LogP contribution in [0.3, 0.4) is 0 Å². The first-order valence-electron chi connectivity index (χ1n) is 4.83. The average molecular weight is 202 g/mol. The number of esters is 1. The summed E-state index contributed by atoms with van der Waals surface area (Å²) in [5.74, 6) is 2.03. The third kappa shape index (κ3) is 3.47. The van der Waals surface area contributed by atoms with Gasteiger partial charge >= 0.3 is 5.97 Å². The molecule has 78 valence electrons. The van der Waals surface area contributed by atoms with Crippen LogP contribution in [0, 0.1) is 18.3 Å². The van der Waals surface area contributed by atoms with Crippen molar-refractivity contribution in [3.8, 4) is 12.3 Å². The fourth-order valence-electron chi connectivity index (χ4n) is 1.45. The van der Waals surface area contributed by atoms with Crippen LogP contribution in [0.1, 0.15) is 12.0 Å². The van der Waals surface area contributed by atoms with Crippen LogP contribution in [0.25, 0.3) is 0 Å². The number of rotatable bonds is 4. The van der Waals surface area contributed by atoms with E-state index >= 15 is 0 Å². The van der Waals surface area contributed by atoms with Crippen LogP contribution in [0.2, 0.25) is 0 Å². The molecule has 0 heterocycles. The Kier molecular flexibility index (Phi) is 4.43. The lowest BCUT2D eigenvalue weighted by atomic mass is 9.97. The van der Waals surface area contributed by atoms with Crippen molar-refractivity contribution in [2.45, 2.75) is 12.8 Å². The second kappa shape index (κ2) is 5.87. The molecule has 0 aliphatic heterocycles. The molecule has 0 fully saturated rings.